The fraction of sp³-hybridized carbons (Fsp3) is 0.824. The van der Waals surface area contributed by atoms with E-state index in [1.807, 2.05) is 0 Å². The Labute approximate surface area is 125 Å². The van der Waals surface area contributed by atoms with Crippen LogP contribution in [0.4, 0.5) is 0 Å². The van der Waals surface area contributed by atoms with E-state index >= 15 is 0 Å². The Morgan fingerprint density at radius 1 is 1.15 bits per heavy atom. The molecule has 0 amide bonds. The van der Waals surface area contributed by atoms with E-state index in [-0.39, 0.29) is 0 Å². The molecule has 0 saturated heterocycles. The van der Waals surface area contributed by atoms with Crippen LogP contribution in [0.3, 0.4) is 0 Å². The Morgan fingerprint density at radius 3 is 2.30 bits per heavy atom. The highest BCUT2D eigenvalue weighted by atomic mass is 15.3. The molecule has 0 fully saturated rings. The molecular formula is C17H33N3. The van der Waals surface area contributed by atoms with Crippen LogP contribution in [0.15, 0.2) is 12.3 Å². The molecule has 0 unspecified atom stereocenters. The quantitative estimate of drug-likeness (QED) is 0.695. The molecule has 3 nitrogen and oxygen atoms in total. The van der Waals surface area contributed by atoms with Gasteiger partial charge in [0, 0.05) is 12.7 Å². The van der Waals surface area contributed by atoms with Gasteiger partial charge in [0.1, 0.15) is 0 Å². The molecule has 1 aromatic heterocycles. The first-order valence-electron chi connectivity index (χ1n) is 8.39. The minimum Gasteiger partial charge on any atom is -0.316 e. The van der Waals surface area contributed by atoms with E-state index in [4.69, 9.17) is 5.10 Å². The largest absolute Gasteiger partial charge is 0.316 e. The fourth-order valence-electron chi connectivity index (χ4n) is 2.92. The molecule has 0 aromatic carbocycles. The minimum absolute atomic E-state index is 0.350. The zero-order chi connectivity index (χ0) is 15.0. The smallest absolute Gasteiger partial charge is 0.0630 e. The summed E-state index contributed by atoms with van der Waals surface area (Å²) in [6.07, 6.45) is 7.96. The van der Waals surface area contributed by atoms with E-state index in [1.165, 1.54) is 18.5 Å². The van der Waals surface area contributed by atoms with Gasteiger partial charge in [-0.1, -0.05) is 34.6 Å². The van der Waals surface area contributed by atoms with E-state index in [0.29, 0.717) is 11.5 Å². The molecule has 0 aliphatic heterocycles. The van der Waals surface area contributed by atoms with E-state index in [1.54, 1.807) is 0 Å². The first-order valence-corrected chi connectivity index (χ1v) is 8.39. The lowest BCUT2D eigenvalue weighted by Gasteiger charge is -2.31. The number of nitrogens with zero attached hydrogens (tertiary/aromatic N) is 2. The third-order valence-corrected chi connectivity index (χ3v) is 4.79. The Balaban J connectivity index is 2.78. The molecular weight excluding hydrogens is 246 g/mol. The van der Waals surface area contributed by atoms with Crippen molar-refractivity contribution >= 4 is 0 Å². The molecule has 0 bridgehead atoms. The van der Waals surface area contributed by atoms with Crippen LogP contribution in [0, 0.1) is 5.41 Å². The molecule has 20 heavy (non-hydrogen) atoms. The molecule has 1 heterocycles. The molecule has 3 heteroatoms. The average molecular weight is 279 g/mol. The van der Waals surface area contributed by atoms with Gasteiger partial charge in [0.25, 0.3) is 0 Å². The van der Waals surface area contributed by atoms with Gasteiger partial charge in [-0.2, -0.15) is 5.10 Å². The Kier molecular flexibility index (Phi) is 7.28. The SMILES string of the molecule is CCNCC(CC)(CC)Cc1ccn(C(CC)CC)n1. The predicted octanol–water partition coefficient (Wildman–Crippen LogP) is 4.20. The molecule has 0 saturated carbocycles. The van der Waals surface area contributed by atoms with Crippen molar-refractivity contribution in [2.45, 2.75) is 72.8 Å². The molecule has 1 aromatic rings. The third-order valence-electron chi connectivity index (χ3n) is 4.79. The fourth-order valence-corrected chi connectivity index (χ4v) is 2.92. The Morgan fingerprint density at radius 2 is 1.80 bits per heavy atom. The number of hydrogen-bond acceptors (Lipinski definition) is 2. The second-order valence-corrected chi connectivity index (χ2v) is 5.92. The maximum absolute atomic E-state index is 4.83. The van der Waals surface area contributed by atoms with Crippen LogP contribution in [0.5, 0.6) is 0 Å². The van der Waals surface area contributed by atoms with Gasteiger partial charge in [-0.15, -0.1) is 0 Å². The van der Waals surface area contributed by atoms with Gasteiger partial charge < -0.3 is 5.32 Å². The highest BCUT2D eigenvalue weighted by Crippen LogP contribution is 2.30. The number of rotatable bonds is 10. The van der Waals surface area contributed by atoms with Gasteiger partial charge in [-0.05, 0) is 50.1 Å². The van der Waals surface area contributed by atoms with Gasteiger partial charge in [0.2, 0.25) is 0 Å². The normalized spacial score (nSPS) is 12.3. The maximum Gasteiger partial charge on any atom is 0.0630 e. The van der Waals surface area contributed by atoms with Crippen LogP contribution in [0.2, 0.25) is 0 Å². The van der Waals surface area contributed by atoms with Crippen molar-refractivity contribution in [3.8, 4) is 0 Å². The molecule has 116 valence electrons. The molecule has 0 spiro atoms. The lowest BCUT2D eigenvalue weighted by Crippen LogP contribution is -2.35. The van der Waals surface area contributed by atoms with Crippen molar-refractivity contribution < 1.29 is 0 Å². The van der Waals surface area contributed by atoms with E-state index in [2.05, 4.69) is 56.9 Å². The monoisotopic (exact) mass is 279 g/mol. The van der Waals surface area contributed by atoms with Crippen molar-refractivity contribution in [3.05, 3.63) is 18.0 Å². The van der Waals surface area contributed by atoms with E-state index < -0.39 is 0 Å². The van der Waals surface area contributed by atoms with E-state index in [0.717, 1.165) is 32.4 Å². The molecule has 1 N–H and O–H groups in total. The van der Waals surface area contributed by atoms with Gasteiger partial charge in [-0.25, -0.2) is 0 Å². The molecule has 0 radical (unpaired) electrons. The summed E-state index contributed by atoms with van der Waals surface area (Å²) in [6, 6.07) is 2.76. The van der Waals surface area contributed by atoms with Crippen LogP contribution in [-0.4, -0.2) is 22.9 Å². The Hall–Kier alpha value is -0.830. The van der Waals surface area contributed by atoms with Crippen LogP contribution in [0.25, 0.3) is 0 Å². The van der Waals surface area contributed by atoms with Crippen molar-refractivity contribution in [1.29, 1.82) is 0 Å². The zero-order valence-corrected chi connectivity index (χ0v) is 14.1. The summed E-state index contributed by atoms with van der Waals surface area (Å²) >= 11 is 0. The number of hydrogen-bond donors (Lipinski definition) is 1. The molecule has 1 rings (SSSR count). The summed E-state index contributed by atoms with van der Waals surface area (Å²) in [7, 11) is 0. The lowest BCUT2D eigenvalue weighted by atomic mass is 9.78. The number of nitrogens with one attached hydrogen (secondary N) is 1. The van der Waals surface area contributed by atoms with Crippen LogP contribution in [0.1, 0.15) is 72.0 Å². The van der Waals surface area contributed by atoms with Gasteiger partial charge >= 0.3 is 0 Å². The third kappa shape index (κ3) is 4.34. The summed E-state index contributed by atoms with van der Waals surface area (Å²) in [6.45, 7) is 13.4. The summed E-state index contributed by atoms with van der Waals surface area (Å²) in [5.41, 5.74) is 1.60. The van der Waals surface area contributed by atoms with Gasteiger partial charge in [-0.3, -0.25) is 4.68 Å². The average Bonchev–Trinajstić information content (AvgIpc) is 2.93. The Bertz CT molecular complexity index is 362. The van der Waals surface area contributed by atoms with Crippen molar-refractivity contribution in [2.75, 3.05) is 13.1 Å². The van der Waals surface area contributed by atoms with Gasteiger partial charge in [0.15, 0.2) is 0 Å². The molecule has 0 aliphatic carbocycles. The second kappa shape index (κ2) is 8.46. The summed E-state index contributed by atoms with van der Waals surface area (Å²) in [5, 5.41) is 8.36. The first-order chi connectivity index (χ1) is 9.64. The van der Waals surface area contributed by atoms with Crippen molar-refractivity contribution in [1.82, 2.24) is 15.1 Å². The molecule has 0 atom stereocenters. The van der Waals surface area contributed by atoms with Crippen LogP contribution < -0.4 is 5.32 Å². The molecule has 0 aliphatic rings. The predicted molar refractivity (Wildman–Crippen MR) is 87.1 cm³/mol. The highest BCUT2D eigenvalue weighted by molar-refractivity contribution is 5.04. The topological polar surface area (TPSA) is 29.9 Å². The number of aromatic nitrogens is 2. The van der Waals surface area contributed by atoms with Crippen LogP contribution in [-0.2, 0) is 6.42 Å². The van der Waals surface area contributed by atoms with Gasteiger partial charge in [0.05, 0.1) is 11.7 Å². The van der Waals surface area contributed by atoms with Crippen molar-refractivity contribution in [3.63, 3.8) is 0 Å². The summed E-state index contributed by atoms with van der Waals surface area (Å²) in [4.78, 5) is 0. The van der Waals surface area contributed by atoms with Crippen molar-refractivity contribution in [2.24, 2.45) is 5.41 Å². The summed E-state index contributed by atoms with van der Waals surface area (Å²) in [5.74, 6) is 0. The zero-order valence-electron chi connectivity index (χ0n) is 14.1. The van der Waals surface area contributed by atoms with E-state index in [9.17, 15) is 0 Å². The standard InChI is InChI=1S/C17H33N3/c1-6-16(7-2)20-12-11-15(19-20)13-17(8-3,9-4)14-18-10-5/h11-12,16,18H,6-10,13-14H2,1-5H3. The first kappa shape index (κ1) is 17.2. The summed E-state index contributed by atoms with van der Waals surface area (Å²) < 4.78 is 2.17. The van der Waals surface area contributed by atoms with Crippen LogP contribution >= 0.6 is 0 Å². The maximum atomic E-state index is 4.83. The minimum atomic E-state index is 0.350. The second-order valence-electron chi connectivity index (χ2n) is 5.92. The lowest BCUT2D eigenvalue weighted by molar-refractivity contribution is 0.244. The highest BCUT2D eigenvalue weighted by Gasteiger charge is 2.27.